The average molecular weight is 251 g/mol. The lowest BCUT2D eigenvalue weighted by atomic mass is 10.1. The van der Waals surface area contributed by atoms with Crippen LogP contribution >= 0.6 is 11.6 Å². The van der Waals surface area contributed by atoms with Crippen molar-refractivity contribution in [2.75, 3.05) is 7.05 Å². The zero-order valence-corrected chi connectivity index (χ0v) is 10.7. The Hall–Kier alpha value is -1.32. The molecule has 0 unspecified atom stereocenters. The molecule has 1 aromatic carbocycles. The summed E-state index contributed by atoms with van der Waals surface area (Å²) in [4.78, 5) is 2.21. The topological polar surface area (TPSA) is 29.3 Å². The molecular weight excluding hydrogens is 236 g/mol. The summed E-state index contributed by atoms with van der Waals surface area (Å²) in [5.41, 5.74) is 2.17. The van der Waals surface area contributed by atoms with E-state index in [-0.39, 0.29) is 0 Å². The lowest BCUT2D eigenvalue weighted by Gasteiger charge is -2.24. The smallest absolute Gasteiger partial charge is 0.124 e. The van der Waals surface area contributed by atoms with Crippen LogP contribution in [0.15, 0.2) is 41.1 Å². The molecule has 4 heteroatoms. The molecule has 1 heterocycles. The summed E-state index contributed by atoms with van der Waals surface area (Å²) in [6.45, 7) is 2.92. The Labute approximate surface area is 106 Å². The minimum atomic E-state index is 0.309. The van der Waals surface area contributed by atoms with Crippen LogP contribution in [0.5, 0.6) is 0 Å². The fraction of sp³-hybridized carbons (Fsp3) is 0.308. The quantitative estimate of drug-likeness (QED) is 0.832. The second-order valence-corrected chi connectivity index (χ2v) is 4.57. The SMILES string of the molecule is C[C@@H](c1ccc(Cl)cc1)N(C)Cc1ccon1. The van der Waals surface area contributed by atoms with Gasteiger partial charge in [0.25, 0.3) is 0 Å². The third-order valence-corrected chi connectivity index (χ3v) is 3.17. The van der Waals surface area contributed by atoms with E-state index >= 15 is 0 Å². The number of rotatable bonds is 4. The number of aromatic nitrogens is 1. The van der Waals surface area contributed by atoms with Gasteiger partial charge in [0.1, 0.15) is 6.26 Å². The highest BCUT2D eigenvalue weighted by Gasteiger charge is 2.12. The predicted molar refractivity (Wildman–Crippen MR) is 67.8 cm³/mol. The molecule has 2 aromatic rings. The first-order chi connectivity index (χ1) is 8.16. The summed E-state index contributed by atoms with van der Waals surface area (Å²) in [6, 6.07) is 10.1. The standard InChI is InChI=1S/C13H15ClN2O/c1-10(11-3-5-12(14)6-4-11)16(2)9-13-7-8-17-15-13/h3-8,10H,9H2,1-2H3/t10-/m0/s1. The van der Waals surface area contributed by atoms with Crippen LogP contribution in [0.4, 0.5) is 0 Å². The molecule has 3 nitrogen and oxygen atoms in total. The first-order valence-corrected chi connectivity index (χ1v) is 5.89. The van der Waals surface area contributed by atoms with Crippen molar-refractivity contribution < 1.29 is 4.52 Å². The highest BCUT2D eigenvalue weighted by Crippen LogP contribution is 2.21. The average Bonchev–Trinajstić information content (AvgIpc) is 2.82. The molecule has 0 radical (unpaired) electrons. The lowest BCUT2D eigenvalue weighted by Crippen LogP contribution is -2.22. The van der Waals surface area contributed by atoms with Gasteiger partial charge in [-0.15, -0.1) is 0 Å². The van der Waals surface area contributed by atoms with E-state index in [1.807, 2.05) is 30.3 Å². The van der Waals surface area contributed by atoms with Crippen molar-refractivity contribution in [3.05, 3.63) is 52.9 Å². The maximum absolute atomic E-state index is 5.88. The first kappa shape index (κ1) is 12.1. The van der Waals surface area contributed by atoms with Crippen molar-refractivity contribution in [3.63, 3.8) is 0 Å². The Balaban J connectivity index is 2.04. The molecule has 0 spiro atoms. The van der Waals surface area contributed by atoms with Crippen molar-refractivity contribution in [3.8, 4) is 0 Å². The highest BCUT2D eigenvalue weighted by molar-refractivity contribution is 6.30. The van der Waals surface area contributed by atoms with Gasteiger partial charge in [0, 0.05) is 23.7 Å². The molecule has 17 heavy (non-hydrogen) atoms. The summed E-state index contributed by atoms with van der Waals surface area (Å²) in [7, 11) is 2.06. The fourth-order valence-electron chi connectivity index (χ4n) is 1.71. The number of hydrogen-bond donors (Lipinski definition) is 0. The fourth-order valence-corrected chi connectivity index (χ4v) is 1.83. The first-order valence-electron chi connectivity index (χ1n) is 5.52. The Morgan fingerprint density at radius 1 is 1.29 bits per heavy atom. The van der Waals surface area contributed by atoms with Crippen molar-refractivity contribution in [1.82, 2.24) is 10.1 Å². The zero-order valence-electron chi connectivity index (χ0n) is 9.93. The Kier molecular flexibility index (Phi) is 3.82. The number of benzene rings is 1. The summed E-state index contributed by atoms with van der Waals surface area (Å²) in [5, 5.41) is 4.67. The zero-order chi connectivity index (χ0) is 12.3. The lowest BCUT2D eigenvalue weighted by molar-refractivity contribution is 0.245. The van der Waals surface area contributed by atoms with Gasteiger partial charge < -0.3 is 4.52 Å². The van der Waals surface area contributed by atoms with Crippen LogP contribution in [0, 0.1) is 0 Å². The molecule has 0 saturated carbocycles. The van der Waals surface area contributed by atoms with Crippen LogP contribution in [0.25, 0.3) is 0 Å². The second-order valence-electron chi connectivity index (χ2n) is 4.13. The Morgan fingerprint density at radius 3 is 2.59 bits per heavy atom. The summed E-state index contributed by atoms with van der Waals surface area (Å²) < 4.78 is 4.82. The normalized spacial score (nSPS) is 12.9. The van der Waals surface area contributed by atoms with Gasteiger partial charge in [0.05, 0.1) is 5.69 Å². The monoisotopic (exact) mass is 250 g/mol. The van der Waals surface area contributed by atoms with Gasteiger partial charge in [-0.2, -0.15) is 0 Å². The summed E-state index contributed by atoms with van der Waals surface area (Å²) in [6.07, 6.45) is 1.59. The summed E-state index contributed by atoms with van der Waals surface area (Å²) >= 11 is 5.88. The van der Waals surface area contributed by atoms with Crippen molar-refractivity contribution in [2.45, 2.75) is 19.5 Å². The van der Waals surface area contributed by atoms with Crippen LogP contribution in [0.1, 0.15) is 24.2 Å². The summed E-state index contributed by atoms with van der Waals surface area (Å²) in [5.74, 6) is 0. The van der Waals surface area contributed by atoms with Crippen LogP contribution in [0.3, 0.4) is 0 Å². The molecule has 0 fully saturated rings. The molecule has 1 aromatic heterocycles. The maximum atomic E-state index is 5.88. The third-order valence-electron chi connectivity index (χ3n) is 2.92. The maximum Gasteiger partial charge on any atom is 0.124 e. The molecule has 0 saturated heterocycles. The molecule has 0 aliphatic heterocycles. The number of hydrogen-bond acceptors (Lipinski definition) is 3. The van der Waals surface area contributed by atoms with Crippen LogP contribution in [-0.4, -0.2) is 17.1 Å². The highest BCUT2D eigenvalue weighted by atomic mass is 35.5. The minimum absolute atomic E-state index is 0.309. The number of halogens is 1. The van der Waals surface area contributed by atoms with E-state index in [4.69, 9.17) is 16.1 Å². The minimum Gasteiger partial charge on any atom is -0.364 e. The van der Waals surface area contributed by atoms with Gasteiger partial charge in [-0.25, -0.2) is 0 Å². The molecular formula is C13H15ClN2O. The second kappa shape index (κ2) is 5.34. The molecule has 0 aliphatic carbocycles. The third kappa shape index (κ3) is 3.08. The van der Waals surface area contributed by atoms with E-state index in [1.54, 1.807) is 6.26 Å². The van der Waals surface area contributed by atoms with E-state index in [9.17, 15) is 0 Å². The van der Waals surface area contributed by atoms with Crippen molar-refractivity contribution >= 4 is 11.6 Å². The van der Waals surface area contributed by atoms with E-state index < -0.39 is 0 Å². The van der Waals surface area contributed by atoms with Gasteiger partial charge in [-0.05, 0) is 31.7 Å². The van der Waals surface area contributed by atoms with Gasteiger partial charge in [0.15, 0.2) is 0 Å². The van der Waals surface area contributed by atoms with Gasteiger partial charge in [-0.3, -0.25) is 4.90 Å². The molecule has 0 aliphatic rings. The van der Waals surface area contributed by atoms with E-state index in [2.05, 4.69) is 24.0 Å². The molecule has 90 valence electrons. The van der Waals surface area contributed by atoms with Crippen molar-refractivity contribution in [1.29, 1.82) is 0 Å². The van der Waals surface area contributed by atoms with Crippen molar-refractivity contribution in [2.24, 2.45) is 0 Å². The van der Waals surface area contributed by atoms with Gasteiger partial charge in [-0.1, -0.05) is 28.9 Å². The Bertz CT molecular complexity index is 453. The molecule has 1 atom stereocenters. The Morgan fingerprint density at radius 2 is 2.00 bits per heavy atom. The van der Waals surface area contributed by atoms with Gasteiger partial charge in [0.2, 0.25) is 0 Å². The number of nitrogens with zero attached hydrogens (tertiary/aromatic N) is 2. The molecule has 0 bridgehead atoms. The van der Waals surface area contributed by atoms with Crippen LogP contribution < -0.4 is 0 Å². The van der Waals surface area contributed by atoms with Crippen LogP contribution in [-0.2, 0) is 6.54 Å². The largest absolute Gasteiger partial charge is 0.364 e. The molecule has 0 amide bonds. The van der Waals surface area contributed by atoms with E-state index in [1.165, 1.54) is 5.56 Å². The van der Waals surface area contributed by atoms with Crippen LogP contribution in [0.2, 0.25) is 5.02 Å². The predicted octanol–water partition coefficient (Wildman–Crippen LogP) is 3.52. The van der Waals surface area contributed by atoms with E-state index in [0.29, 0.717) is 6.04 Å². The molecule has 2 rings (SSSR count). The van der Waals surface area contributed by atoms with E-state index in [0.717, 1.165) is 17.3 Å². The van der Waals surface area contributed by atoms with Gasteiger partial charge >= 0.3 is 0 Å². The molecule has 0 N–H and O–H groups in total.